The van der Waals surface area contributed by atoms with E-state index in [1.807, 2.05) is 36.4 Å². The first-order valence-corrected chi connectivity index (χ1v) is 7.73. The quantitative estimate of drug-likeness (QED) is 0.699. The van der Waals surface area contributed by atoms with Gasteiger partial charge in [0.05, 0.1) is 11.8 Å². The number of hydrogen-bond donors (Lipinski definition) is 3. The molecule has 0 saturated carbocycles. The maximum atomic E-state index is 10.1. The summed E-state index contributed by atoms with van der Waals surface area (Å²) in [6.45, 7) is 5.56. The zero-order valence-electron chi connectivity index (χ0n) is 12.8. The molecule has 0 amide bonds. The van der Waals surface area contributed by atoms with Gasteiger partial charge in [0.1, 0.15) is 0 Å². The molecule has 1 heterocycles. The predicted molar refractivity (Wildman–Crippen MR) is 85.8 cm³/mol. The van der Waals surface area contributed by atoms with Crippen LogP contribution in [0.3, 0.4) is 0 Å². The third-order valence-corrected chi connectivity index (χ3v) is 3.96. The smallest absolute Gasteiger partial charge is 0.0924 e. The van der Waals surface area contributed by atoms with Gasteiger partial charge in [-0.15, -0.1) is 0 Å². The largest absolute Gasteiger partial charge is 0.392 e. The molecule has 1 atom stereocenters. The Bertz CT molecular complexity index is 520. The SMILES string of the molecule is CCC(CC)C(O)CNCc1cc(-c2ccccc2)n[nH]1. The van der Waals surface area contributed by atoms with Crippen molar-refractivity contribution in [2.24, 2.45) is 5.92 Å². The van der Waals surface area contributed by atoms with E-state index in [0.717, 1.165) is 29.8 Å². The molecule has 2 aromatic rings. The Kier molecular flexibility index (Phi) is 5.96. The fourth-order valence-electron chi connectivity index (χ4n) is 2.56. The Balaban J connectivity index is 1.84. The predicted octanol–water partition coefficient (Wildman–Crippen LogP) is 2.96. The van der Waals surface area contributed by atoms with E-state index in [1.54, 1.807) is 0 Å². The lowest BCUT2D eigenvalue weighted by Gasteiger charge is -2.20. The van der Waals surface area contributed by atoms with Crippen molar-refractivity contribution in [3.8, 4) is 11.3 Å². The maximum Gasteiger partial charge on any atom is 0.0924 e. The van der Waals surface area contributed by atoms with Crippen LogP contribution in [0.1, 0.15) is 32.4 Å². The van der Waals surface area contributed by atoms with Gasteiger partial charge in [0.15, 0.2) is 0 Å². The van der Waals surface area contributed by atoms with Gasteiger partial charge in [0.25, 0.3) is 0 Å². The van der Waals surface area contributed by atoms with E-state index in [0.29, 0.717) is 19.0 Å². The molecule has 0 aliphatic heterocycles. The van der Waals surface area contributed by atoms with Gasteiger partial charge in [-0.3, -0.25) is 5.10 Å². The molecule has 0 radical (unpaired) electrons. The van der Waals surface area contributed by atoms with Crippen molar-refractivity contribution in [3.05, 3.63) is 42.1 Å². The lowest BCUT2D eigenvalue weighted by Crippen LogP contribution is -2.32. The fourth-order valence-corrected chi connectivity index (χ4v) is 2.56. The van der Waals surface area contributed by atoms with E-state index in [4.69, 9.17) is 0 Å². The lowest BCUT2D eigenvalue weighted by molar-refractivity contribution is 0.101. The molecule has 1 unspecified atom stereocenters. The molecule has 0 fully saturated rings. The molecule has 2 rings (SSSR count). The number of benzene rings is 1. The van der Waals surface area contributed by atoms with Crippen molar-refractivity contribution >= 4 is 0 Å². The molecule has 0 bridgehead atoms. The highest BCUT2D eigenvalue weighted by Gasteiger charge is 2.14. The topological polar surface area (TPSA) is 60.9 Å². The van der Waals surface area contributed by atoms with Crippen molar-refractivity contribution < 1.29 is 5.11 Å². The summed E-state index contributed by atoms with van der Waals surface area (Å²) in [5.74, 6) is 0.374. The summed E-state index contributed by atoms with van der Waals surface area (Å²) in [6.07, 6.45) is 1.75. The van der Waals surface area contributed by atoms with Gasteiger partial charge in [-0.1, -0.05) is 57.0 Å². The van der Waals surface area contributed by atoms with Gasteiger partial charge in [-0.05, 0) is 12.0 Å². The van der Waals surface area contributed by atoms with E-state index in [1.165, 1.54) is 0 Å². The standard InChI is InChI=1S/C17H25N3O/c1-3-13(4-2)17(21)12-18-11-15-10-16(20-19-15)14-8-6-5-7-9-14/h5-10,13,17-18,21H,3-4,11-12H2,1-2H3,(H,19,20). The van der Waals surface area contributed by atoms with Gasteiger partial charge >= 0.3 is 0 Å². The Hall–Kier alpha value is -1.65. The second-order valence-corrected chi connectivity index (χ2v) is 5.42. The van der Waals surface area contributed by atoms with E-state index in [2.05, 4.69) is 29.4 Å². The van der Waals surface area contributed by atoms with E-state index in [-0.39, 0.29) is 6.10 Å². The second-order valence-electron chi connectivity index (χ2n) is 5.42. The molecule has 0 spiro atoms. The highest BCUT2D eigenvalue weighted by Crippen LogP contribution is 2.17. The molecule has 21 heavy (non-hydrogen) atoms. The first-order valence-electron chi connectivity index (χ1n) is 7.73. The zero-order chi connectivity index (χ0) is 15.1. The van der Waals surface area contributed by atoms with Crippen molar-refractivity contribution in [3.63, 3.8) is 0 Å². The molecule has 0 saturated heterocycles. The van der Waals surface area contributed by atoms with Crippen LogP contribution in [0.4, 0.5) is 0 Å². The van der Waals surface area contributed by atoms with Crippen LogP contribution in [-0.4, -0.2) is 28.0 Å². The van der Waals surface area contributed by atoms with Gasteiger partial charge in [0.2, 0.25) is 0 Å². The average molecular weight is 287 g/mol. The first-order chi connectivity index (χ1) is 10.2. The van der Waals surface area contributed by atoms with Crippen LogP contribution in [0.2, 0.25) is 0 Å². The van der Waals surface area contributed by atoms with Gasteiger partial charge in [-0.2, -0.15) is 5.10 Å². The summed E-state index contributed by atoms with van der Waals surface area (Å²) >= 11 is 0. The molecule has 3 N–H and O–H groups in total. The molecule has 1 aromatic heterocycles. The molecular weight excluding hydrogens is 262 g/mol. The Morgan fingerprint density at radius 2 is 1.90 bits per heavy atom. The van der Waals surface area contributed by atoms with Gasteiger partial charge in [0, 0.05) is 24.3 Å². The number of hydrogen-bond acceptors (Lipinski definition) is 3. The molecule has 4 heteroatoms. The third kappa shape index (κ3) is 4.41. The summed E-state index contributed by atoms with van der Waals surface area (Å²) in [7, 11) is 0. The number of aromatic nitrogens is 2. The monoisotopic (exact) mass is 287 g/mol. The van der Waals surface area contributed by atoms with Crippen molar-refractivity contribution in [1.82, 2.24) is 15.5 Å². The maximum absolute atomic E-state index is 10.1. The Morgan fingerprint density at radius 1 is 1.19 bits per heavy atom. The van der Waals surface area contributed by atoms with Crippen molar-refractivity contribution in [2.45, 2.75) is 39.3 Å². The number of nitrogens with one attached hydrogen (secondary N) is 2. The number of aliphatic hydroxyl groups is 1. The van der Waals surface area contributed by atoms with Gasteiger partial charge < -0.3 is 10.4 Å². The minimum Gasteiger partial charge on any atom is -0.392 e. The summed E-state index contributed by atoms with van der Waals surface area (Å²) in [5, 5.41) is 20.7. The summed E-state index contributed by atoms with van der Waals surface area (Å²) in [5.41, 5.74) is 3.09. The van der Waals surface area contributed by atoms with Crippen LogP contribution in [-0.2, 0) is 6.54 Å². The van der Waals surface area contributed by atoms with E-state index < -0.39 is 0 Å². The van der Waals surface area contributed by atoms with E-state index in [9.17, 15) is 5.11 Å². The molecule has 1 aromatic carbocycles. The van der Waals surface area contributed by atoms with Gasteiger partial charge in [-0.25, -0.2) is 0 Å². The van der Waals surface area contributed by atoms with Crippen LogP contribution in [0.15, 0.2) is 36.4 Å². The number of aromatic amines is 1. The third-order valence-electron chi connectivity index (χ3n) is 3.96. The fraction of sp³-hybridized carbons (Fsp3) is 0.471. The molecule has 0 aliphatic carbocycles. The normalized spacial score (nSPS) is 12.8. The summed E-state index contributed by atoms with van der Waals surface area (Å²) in [4.78, 5) is 0. The summed E-state index contributed by atoms with van der Waals surface area (Å²) < 4.78 is 0. The Labute approximate surface area is 126 Å². The van der Waals surface area contributed by atoms with Crippen LogP contribution in [0.25, 0.3) is 11.3 Å². The van der Waals surface area contributed by atoms with Crippen LogP contribution in [0.5, 0.6) is 0 Å². The summed E-state index contributed by atoms with van der Waals surface area (Å²) in [6, 6.07) is 12.2. The highest BCUT2D eigenvalue weighted by atomic mass is 16.3. The van der Waals surface area contributed by atoms with Crippen LogP contribution >= 0.6 is 0 Å². The van der Waals surface area contributed by atoms with Crippen LogP contribution in [0, 0.1) is 5.92 Å². The van der Waals surface area contributed by atoms with Crippen molar-refractivity contribution in [1.29, 1.82) is 0 Å². The van der Waals surface area contributed by atoms with Crippen molar-refractivity contribution in [2.75, 3.05) is 6.54 Å². The Morgan fingerprint density at radius 3 is 2.57 bits per heavy atom. The molecule has 114 valence electrons. The number of H-pyrrole nitrogens is 1. The second kappa shape index (κ2) is 7.96. The average Bonchev–Trinajstić information content (AvgIpc) is 2.98. The minimum absolute atomic E-state index is 0.281. The number of aliphatic hydroxyl groups excluding tert-OH is 1. The number of nitrogens with zero attached hydrogens (tertiary/aromatic N) is 1. The highest BCUT2D eigenvalue weighted by molar-refractivity contribution is 5.58. The minimum atomic E-state index is -0.281. The molecule has 0 aliphatic rings. The van der Waals surface area contributed by atoms with E-state index >= 15 is 0 Å². The van der Waals surface area contributed by atoms with Crippen LogP contribution < -0.4 is 5.32 Å². The lowest BCUT2D eigenvalue weighted by atomic mass is 9.96. The molecular formula is C17H25N3O. The first kappa shape index (κ1) is 15.7. The molecule has 4 nitrogen and oxygen atoms in total. The zero-order valence-corrected chi connectivity index (χ0v) is 12.8. The number of rotatable bonds is 8.